The van der Waals surface area contributed by atoms with E-state index in [1.807, 2.05) is 0 Å². The standard InChI is InChI=1S/C12H26N2O/c1-5-6-11(4)8-13-9-12(15)14-7-10(2)3/h10-11,13H,5-9H2,1-4H3,(H,14,15). The number of amides is 1. The first-order chi connectivity index (χ1) is 7.06. The molecule has 15 heavy (non-hydrogen) atoms. The lowest BCUT2D eigenvalue weighted by atomic mass is 10.1. The molecule has 0 saturated heterocycles. The number of carbonyl (C=O) groups excluding carboxylic acids is 1. The quantitative estimate of drug-likeness (QED) is 0.647. The minimum atomic E-state index is 0.104. The van der Waals surface area contributed by atoms with Gasteiger partial charge in [0.25, 0.3) is 0 Å². The average molecular weight is 214 g/mol. The fraction of sp³-hybridized carbons (Fsp3) is 0.917. The molecule has 0 saturated carbocycles. The molecule has 0 aromatic heterocycles. The van der Waals surface area contributed by atoms with E-state index in [2.05, 4.69) is 38.3 Å². The molecule has 3 heteroatoms. The Kier molecular flexibility index (Phi) is 8.38. The molecule has 90 valence electrons. The number of carbonyl (C=O) groups is 1. The second-order valence-corrected chi connectivity index (χ2v) is 4.72. The summed E-state index contributed by atoms with van der Waals surface area (Å²) >= 11 is 0. The summed E-state index contributed by atoms with van der Waals surface area (Å²) in [5.41, 5.74) is 0. The van der Waals surface area contributed by atoms with Gasteiger partial charge < -0.3 is 10.6 Å². The zero-order valence-corrected chi connectivity index (χ0v) is 10.6. The van der Waals surface area contributed by atoms with Gasteiger partial charge in [-0.3, -0.25) is 4.79 Å². The first-order valence-electron chi connectivity index (χ1n) is 6.03. The molecule has 0 heterocycles. The van der Waals surface area contributed by atoms with Gasteiger partial charge in [0.15, 0.2) is 0 Å². The minimum Gasteiger partial charge on any atom is -0.355 e. The zero-order chi connectivity index (χ0) is 11.7. The van der Waals surface area contributed by atoms with Crippen molar-refractivity contribution in [2.24, 2.45) is 11.8 Å². The van der Waals surface area contributed by atoms with Gasteiger partial charge in [-0.2, -0.15) is 0 Å². The number of nitrogens with one attached hydrogen (secondary N) is 2. The summed E-state index contributed by atoms with van der Waals surface area (Å²) in [5, 5.41) is 6.07. The first kappa shape index (κ1) is 14.4. The van der Waals surface area contributed by atoms with Crippen LogP contribution in [0.25, 0.3) is 0 Å². The third kappa shape index (κ3) is 9.73. The minimum absolute atomic E-state index is 0.104. The SMILES string of the molecule is CCCC(C)CNCC(=O)NCC(C)C. The summed E-state index contributed by atoms with van der Waals surface area (Å²) in [4.78, 5) is 11.3. The van der Waals surface area contributed by atoms with Crippen molar-refractivity contribution in [1.82, 2.24) is 10.6 Å². The van der Waals surface area contributed by atoms with Crippen LogP contribution in [-0.4, -0.2) is 25.5 Å². The molecule has 2 N–H and O–H groups in total. The zero-order valence-electron chi connectivity index (χ0n) is 10.6. The van der Waals surface area contributed by atoms with E-state index in [9.17, 15) is 4.79 Å². The van der Waals surface area contributed by atoms with Gasteiger partial charge in [0.2, 0.25) is 5.91 Å². The molecule has 0 aliphatic carbocycles. The maximum atomic E-state index is 11.3. The summed E-state index contributed by atoms with van der Waals surface area (Å²) in [6.07, 6.45) is 2.43. The van der Waals surface area contributed by atoms with Crippen LogP contribution in [-0.2, 0) is 4.79 Å². The van der Waals surface area contributed by atoms with Gasteiger partial charge in [0.05, 0.1) is 6.54 Å². The van der Waals surface area contributed by atoms with Gasteiger partial charge in [-0.1, -0.05) is 34.1 Å². The highest BCUT2D eigenvalue weighted by Crippen LogP contribution is 2.02. The lowest BCUT2D eigenvalue weighted by molar-refractivity contribution is -0.120. The van der Waals surface area contributed by atoms with Crippen LogP contribution in [0.3, 0.4) is 0 Å². The predicted octanol–water partition coefficient (Wildman–Crippen LogP) is 1.78. The fourth-order valence-electron chi connectivity index (χ4n) is 1.41. The number of hydrogen-bond acceptors (Lipinski definition) is 2. The van der Waals surface area contributed by atoms with Crippen LogP contribution in [0.5, 0.6) is 0 Å². The Hall–Kier alpha value is -0.570. The average Bonchev–Trinajstić information content (AvgIpc) is 2.15. The number of hydrogen-bond donors (Lipinski definition) is 2. The molecular weight excluding hydrogens is 188 g/mol. The van der Waals surface area contributed by atoms with Gasteiger partial charge >= 0.3 is 0 Å². The maximum Gasteiger partial charge on any atom is 0.233 e. The van der Waals surface area contributed by atoms with Crippen molar-refractivity contribution in [1.29, 1.82) is 0 Å². The van der Waals surface area contributed by atoms with E-state index in [-0.39, 0.29) is 5.91 Å². The largest absolute Gasteiger partial charge is 0.355 e. The molecule has 0 fully saturated rings. The van der Waals surface area contributed by atoms with Crippen LogP contribution in [0.2, 0.25) is 0 Å². The van der Waals surface area contributed by atoms with Crippen molar-refractivity contribution in [3.05, 3.63) is 0 Å². The summed E-state index contributed by atoms with van der Waals surface area (Å²) < 4.78 is 0. The molecular formula is C12H26N2O. The van der Waals surface area contributed by atoms with Crippen LogP contribution in [0.1, 0.15) is 40.5 Å². The van der Waals surface area contributed by atoms with E-state index >= 15 is 0 Å². The Balaban J connectivity index is 3.38. The molecule has 1 unspecified atom stereocenters. The highest BCUT2D eigenvalue weighted by molar-refractivity contribution is 5.77. The van der Waals surface area contributed by atoms with Crippen LogP contribution in [0, 0.1) is 11.8 Å². The molecule has 0 aliphatic heterocycles. The van der Waals surface area contributed by atoms with Gasteiger partial charge in [0, 0.05) is 6.54 Å². The Labute approximate surface area is 94.0 Å². The van der Waals surface area contributed by atoms with Crippen molar-refractivity contribution in [2.45, 2.75) is 40.5 Å². The lowest BCUT2D eigenvalue weighted by Gasteiger charge is -2.12. The van der Waals surface area contributed by atoms with Crippen molar-refractivity contribution in [3.8, 4) is 0 Å². The molecule has 0 aromatic rings. The van der Waals surface area contributed by atoms with E-state index in [0.717, 1.165) is 13.1 Å². The third-order valence-electron chi connectivity index (χ3n) is 2.27. The van der Waals surface area contributed by atoms with E-state index in [1.54, 1.807) is 0 Å². The first-order valence-corrected chi connectivity index (χ1v) is 6.03. The van der Waals surface area contributed by atoms with E-state index in [1.165, 1.54) is 12.8 Å². The van der Waals surface area contributed by atoms with Crippen LogP contribution < -0.4 is 10.6 Å². The molecule has 0 aromatic carbocycles. The summed E-state index contributed by atoms with van der Waals surface area (Å²) in [7, 11) is 0. The second kappa shape index (κ2) is 8.72. The lowest BCUT2D eigenvalue weighted by Crippen LogP contribution is -2.37. The second-order valence-electron chi connectivity index (χ2n) is 4.72. The Morgan fingerprint density at radius 2 is 1.87 bits per heavy atom. The van der Waals surface area contributed by atoms with Crippen molar-refractivity contribution < 1.29 is 4.79 Å². The predicted molar refractivity (Wildman–Crippen MR) is 64.8 cm³/mol. The number of rotatable bonds is 8. The van der Waals surface area contributed by atoms with Crippen molar-refractivity contribution in [3.63, 3.8) is 0 Å². The third-order valence-corrected chi connectivity index (χ3v) is 2.27. The molecule has 0 rings (SSSR count). The van der Waals surface area contributed by atoms with Gasteiger partial charge in [-0.15, -0.1) is 0 Å². The van der Waals surface area contributed by atoms with Crippen LogP contribution in [0.15, 0.2) is 0 Å². The van der Waals surface area contributed by atoms with Crippen molar-refractivity contribution in [2.75, 3.05) is 19.6 Å². The Morgan fingerprint density at radius 1 is 1.20 bits per heavy atom. The topological polar surface area (TPSA) is 41.1 Å². The summed E-state index contributed by atoms with van der Waals surface area (Å²) in [5.74, 6) is 1.29. The van der Waals surface area contributed by atoms with E-state index in [0.29, 0.717) is 18.4 Å². The molecule has 1 atom stereocenters. The normalized spacial score (nSPS) is 12.9. The molecule has 0 spiro atoms. The van der Waals surface area contributed by atoms with Crippen LogP contribution >= 0.6 is 0 Å². The molecule has 3 nitrogen and oxygen atoms in total. The van der Waals surface area contributed by atoms with Crippen molar-refractivity contribution >= 4 is 5.91 Å². The van der Waals surface area contributed by atoms with E-state index < -0.39 is 0 Å². The highest BCUT2D eigenvalue weighted by atomic mass is 16.1. The fourth-order valence-corrected chi connectivity index (χ4v) is 1.41. The smallest absolute Gasteiger partial charge is 0.233 e. The monoisotopic (exact) mass is 214 g/mol. The molecule has 0 aliphatic rings. The Morgan fingerprint density at radius 3 is 2.40 bits per heavy atom. The van der Waals surface area contributed by atoms with Crippen LogP contribution in [0.4, 0.5) is 0 Å². The van der Waals surface area contributed by atoms with E-state index in [4.69, 9.17) is 0 Å². The van der Waals surface area contributed by atoms with Gasteiger partial charge in [-0.25, -0.2) is 0 Å². The summed E-state index contributed by atoms with van der Waals surface area (Å²) in [6.45, 7) is 10.7. The molecule has 0 radical (unpaired) electrons. The molecule has 0 bridgehead atoms. The Bertz CT molecular complexity index is 169. The maximum absolute atomic E-state index is 11.3. The molecule has 1 amide bonds. The highest BCUT2D eigenvalue weighted by Gasteiger charge is 2.03. The van der Waals surface area contributed by atoms with Gasteiger partial charge in [-0.05, 0) is 24.8 Å². The summed E-state index contributed by atoms with van der Waals surface area (Å²) in [6, 6.07) is 0. The van der Waals surface area contributed by atoms with Gasteiger partial charge in [0.1, 0.15) is 0 Å².